The summed E-state index contributed by atoms with van der Waals surface area (Å²) in [4.78, 5) is 23.2. The number of carbonyl (C=O) groups excluding carboxylic acids is 1. The number of anilines is 1. The molecule has 1 aromatic carbocycles. The Labute approximate surface area is 128 Å². The third-order valence-corrected chi connectivity index (χ3v) is 3.89. The van der Waals surface area contributed by atoms with E-state index in [-0.39, 0.29) is 23.3 Å². The van der Waals surface area contributed by atoms with Crippen molar-refractivity contribution in [2.24, 2.45) is 0 Å². The molecule has 0 spiro atoms. The van der Waals surface area contributed by atoms with Gasteiger partial charge in [0, 0.05) is 11.1 Å². The molecule has 114 valence electrons. The van der Waals surface area contributed by atoms with Crippen molar-refractivity contribution in [2.45, 2.75) is 44.6 Å². The number of nitrogens with one attached hydrogen (secondary N) is 2. The number of hydrogen-bond donors (Lipinski definition) is 3. The summed E-state index contributed by atoms with van der Waals surface area (Å²) in [6, 6.07) is 4.08. The SMILES string of the molecule is O=C(Nc1cc(Cl)ccc1C(=O)O)NC1CCCCCC1. The first-order valence-corrected chi connectivity index (χ1v) is 7.54. The zero-order valence-corrected chi connectivity index (χ0v) is 12.4. The van der Waals surface area contributed by atoms with Crippen LogP contribution >= 0.6 is 11.6 Å². The molecule has 3 N–H and O–H groups in total. The molecule has 6 heteroatoms. The topological polar surface area (TPSA) is 78.4 Å². The number of halogens is 1. The van der Waals surface area contributed by atoms with Crippen molar-refractivity contribution in [3.05, 3.63) is 28.8 Å². The van der Waals surface area contributed by atoms with Gasteiger partial charge in [-0.3, -0.25) is 0 Å². The van der Waals surface area contributed by atoms with Crippen LogP contribution in [0.4, 0.5) is 10.5 Å². The minimum atomic E-state index is -1.10. The molecule has 0 aromatic heterocycles. The zero-order chi connectivity index (χ0) is 15.2. The van der Waals surface area contributed by atoms with Crippen LogP contribution in [0.15, 0.2) is 18.2 Å². The fourth-order valence-corrected chi connectivity index (χ4v) is 2.75. The van der Waals surface area contributed by atoms with E-state index in [9.17, 15) is 9.59 Å². The summed E-state index contributed by atoms with van der Waals surface area (Å²) in [5.41, 5.74) is 0.233. The lowest BCUT2D eigenvalue weighted by Gasteiger charge is -2.17. The molecule has 0 heterocycles. The Bertz CT molecular complexity index is 526. The van der Waals surface area contributed by atoms with E-state index in [4.69, 9.17) is 16.7 Å². The van der Waals surface area contributed by atoms with Crippen molar-refractivity contribution in [3.8, 4) is 0 Å². The minimum Gasteiger partial charge on any atom is -0.478 e. The highest BCUT2D eigenvalue weighted by molar-refractivity contribution is 6.31. The minimum absolute atomic E-state index is 0.0235. The first-order chi connectivity index (χ1) is 10.1. The maximum Gasteiger partial charge on any atom is 0.337 e. The van der Waals surface area contributed by atoms with Gasteiger partial charge in [-0.15, -0.1) is 0 Å². The molecule has 0 aliphatic heterocycles. The molecule has 2 rings (SSSR count). The van der Waals surface area contributed by atoms with Gasteiger partial charge in [-0.25, -0.2) is 9.59 Å². The van der Waals surface area contributed by atoms with Crippen LogP contribution in [0, 0.1) is 0 Å². The quantitative estimate of drug-likeness (QED) is 0.741. The van der Waals surface area contributed by atoms with Crippen LogP contribution in [0.1, 0.15) is 48.9 Å². The lowest BCUT2D eigenvalue weighted by molar-refractivity contribution is 0.0698. The van der Waals surface area contributed by atoms with Gasteiger partial charge in [-0.2, -0.15) is 0 Å². The van der Waals surface area contributed by atoms with Gasteiger partial charge in [0.25, 0.3) is 0 Å². The molecule has 1 saturated carbocycles. The van der Waals surface area contributed by atoms with Gasteiger partial charge in [-0.05, 0) is 31.0 Å². The second-order valence-electron chi connectivity index (χ2n) is 5.28. The largest absolute Gasteiger partial charge is 0.478 e. The molecule has 1 aliphatic rings. The lowest BCUT2D eigenvalue weighted by Crippen LogP contribution is -2.37. The number of carboxylic acids is 1. The predicted molar refractivity (Wildman–Crippen MR) is 82.1 cm³/mol. The summed E-state index contributed by atoms with van der Waals surface area (Å²) in [7, 11) is 0. The number of carbonyl (C=O) groups is 2. The van der Waals surface area contributed by atoms with Gasteiger partial charge < -0.3 is 15.7 Å². The second kappa shape index (κ2) is 7.31. The first kappa shape index (κ1) is 15.6. The van der Waals surface area contributed by atoms with E-state index < -0.39 is 5.97 Å². The van der Waals surface area contributed by atoms with Gasteiger partial charge in [-0.1, -0.05) is 37.3 Å². The Morgan fingerprint density at radius 2 is 1.81 bits per heavy atom. The number of amides is 2. The van der Waals surface area contributed by atoms with E-state index in [2.05, 4.69) is 10.6 Å². The highest BCUT2D eigenvalue weighted by Crippen LogP contribution is 2.22. The number of rotatable bonds is 3. The monoisotopic (exact) mass is 310 g/mol. The van der Waals surface area contributed by atoms with E-state index in [1.807, 2.05) is 0 Å². The fraction of sp³-hybridized carbons (Fsp3) is 0.467. The third kappa shape index (κ3) is 4.63. The van der Waals surface area contributed by atoms with Crippen molar-refractivity contribution in [1.29, 1.82) is 0 Å². The predicted octanol–water partition coefficient (Wildman–Crippen LogP) is 3.88. The molecular weight excluding hydrogens is 292 g/mol. The third-order valence-electron chi connectivity index (χ3n) is 3.65. The summed E-state index contributed by atoms with van der Waals surface area (Å²) >= 11 is 5.85. The molecule has 1 fully saturated rings. The van der Waals surface area contributed by atoms with E-state index >= 15 is 0 Å². The smallest absolute Gasteiger partial charge is 0.337 e. The van der Waals surface area contributed by atoms with Crippen molar-refractivity contribution >= 4 is 29.3 Å². The summed E-state index contributed by atoms with van der Waals surface area (Å²) in [5, 5.41) is 15.0. The Kier molecular flexibility index (Phi) is 5.44. The van der Waals surface area contributed by atoms with Crippen molar-refractivity contribution in [2.75, 3.05) is 5.32 Å². The van der Waals surface area contributed by atoms with Gasteiger partial charge >= 0.3 is 12.0 Å². The van der Waals surface area contributed by atoms with E-state index in [1.165, 1.54) is 31.0 Å². The molecule has 0 bridgehead atoms. The summed E-state index contributed by atoms with van der Waals surface area (Å²) in [6.07, 6.45) is 6.57. The number of benzene rings is 1. The fourth-order valence-electron chi connectivity index (χ4n) is 2.57. The normalized spacial score (nSPS) is 16.0. The molecule has 1 aliphatic carbocycles. The van der Waals surface area contributed by atoms with E-state index in [0.717, 1.165) is 25.7 Å². The lowest BCUT2D eigenvalue weighted by atomic mass is 10.1. The number of aromatic carboxylic acids is 1. The molecule has 5 nitrogen and oxygen atoms in total. The number of carboxylic acid groups (broad SMARTS) is 1. The summed E-state index contributed by atoms with van der Waals surface area (Å²) < 4.78 is 0. The highest BCUT2D eigenvalue weighted by atomic mass is 35.5. The first-order valence-electron chi connectivity index (χ1n) is 7.16. The molecule has 1 aromatic rings. The Morgan fingerprint density at radius 1 is 1.14 bits per heavy atom. The molecule has 21 heavy (non-hydrogen) atoms. The molecule has 0 atom stereocenters. The Morgan fingerprint density at radius 3 is 2.43 bits per heavy atom. The molecular formula is C15H19ClN2O3. The summed E-state index contributed by atoms with van der Waals surface area (Å²) in [5.74, 6) is -1.10. The van der Waals surface area contributed by atoms with Gasteiger partial charge in [0.15, 0.2) is 0 Å². The standard InChI is InChI=1S/C15H19ClN2O3/c16-10-7-8-12(14(19)20)13(9-10)18-15(21)17-11-5-3-1-2-4-6-11/h7-9,11H,1-6H2,(H,19,20)(H2,17,18,21). The van der Waals surface area contributed by atoms with Crippen LogP contribution in [-0.4, -0.2) is 23.1 Å². The molecule has 0 saturated heterocycles. The van der Waals surface area contributed by atoms with Gasteiger partial charge in [0.2, 0.25) is 0 Å². The van der Waals surface area contributed by atoms with Crippen LogP contribution < -0.4 is 10.6 Å². The average molecular weight is 311 g/mol. The van der Waals surface area contributed by atoms with Crippen LogP contribution in [0.3, 0.4) is 0 Å². The Balaban J connectivity index is 2.01. The van der Waals surface area contributed by atoms with Gasteiger partial charge in [0.1, 0.15) is 0 Å². The van der Waals surface area contributed by atoms with Crippen molar-refractivity contribution in [3.63, 3.8) is 0 Å². The van der Waals surface area contributed by atoms with Crippen molar-refractivity contribution in [1.82, 2.24) is 5.32 Å². The van der Waals surface area contributed by atoms with Crippen LogP contribution in [0.2, 0.25) is 5.02 Å². The zero-order valence-electron chi connectivity index (χ0n) is 11.7. The maximum atomic E-state index is 12.0. The molecule has 0 radical (unpaired) electrons. The Hall–Kier alpha value is -1.75. The van der Waals surface area contributed by atoms with Gasteiger partial charge in [0.05, 0.1) is 11.3 Å². The summed E-state index contributed by atoms with van der Waals surface area (Å²) in [6.45, 7) is 0. The van der Waals surface area contributed by atoms with E-state index in [1.54, 1.807) is 0 Å². The average Bonchev–Trinajstić information content (AvgIpc) is 2.66. The second-order valence-corrected chi connectivity index (χ2v) is 5.72. The van der Waals surface area contributed by atoms with E-state index in [0.29, 0.717) is 5.02 Å². The number of urea groups is 1. The van der Waals surface area contributed by atoms with Crippen LogP contribution in [0.25, 0.3) is 0 Å². The molecule has 0 unspecified atom stereocenters. The van der Waals surface area contributed by atoms with Crippen molar-refractivity contribution < 1.29 is 14.7 Å². The number of hydrogen-bond acceptors (Lipinski definition) is 2. The van der Waals surface area contributed by atoms with Crippen LogP contribution in [0.5, 0.6) is 0 Å². The maximum absolute atomic E-state index is 12.0. The van der Waals surface area contributed by atoms with Crippen LogP contribution in [-0.2, 0) is 0 Å². The molecule has 2 amide bonds. The highest BCUT2D eigenvalue weighted by Gasteiger charge is 2.17.